The van der Waals surface area contributed by atoms with E-state index < -0.39 is 21.5 Å². The zero-order valence-electron chi connectivity index (χ0n) is 11.5. The van der Waals surface area contributed by atoms with Crippen molar-refractivity contribution in [3.63, 3.8) is 0 Å². The second-order valence-corrected chi connectivity index (χ2v) is 6.73. The van der Waals surface area contributed by atoms with Crippen molar-refractivity contribution < 1.29 is 22.7 Å². The standard InChI is InChI=1S/C12H19NO5S/c1-5-6-12(3,4)13-19(16,17)10-7-9(11(14)15)18-8(10)2/h7,13H,5-6H2,1-4H3,(H,14,15). The van der Waals surface area contributed by atoms with Crippen LogP contribution in [0.5, 0.6) is 0 Å². The Kier molecular flexibility index (Phi) is 4.42. The molecule has 108 valence electrons. The molecule has 1 heterocycles. The molecule has 0 radical (unpaired) electrons. The van der Waals surface area contributed by atoms with Crippen molar-refractivity contribution in [3.05, 3.63) is 17.6 Å². The van der Waals surface area contributed by atoms with Crippen molar-refractivity contribution in [3.8, 4) is 0 Å². The Balaban J connectivity index is 3.11. The van der Waals surface area contributed by atoms with Crippen molar-refractivity contribution in [2.24, 2.45) is 0 Å². The molecule has 0 saturated heterocycles. The number of hydrogen-bond donors (Lipinski definition) is 2. The topological polar surface area (TPSA) is 96.6 Å². The highest BCUT2D eigenvalue weighted by Gasteiger charge is 2.29. The van der Waals surface area contributed by atoms with Crippen LogP contribution in [0.15, 0.2) is 15.4 Å². The Labute approximate surface area is 112 Å². The quantitative estimate of drug-likeness (QED) is 0.836. The fourth-order valence-corrected chi connectivity index (χ4v) is 3.55. The third-order valence-corrected chi connectivity index (χ3v) is 4.46. The van der Waals surface area contributed by atoms with E-state index in [2.05, 4.69) is 4.72 Å². The summed E-state index contributed by atoms with van der Waals surface area (Å²) in [6, 6.07) is 1.03. The van der Waals surface area contributed by atoms with Crippen LogP contribution in [0.3, 0.4) is 0 Å². The lowest BCUT2D eigenvalue weighted by Gasteiger charge is -2.25. The number of furan rings is 1. The van der Waals surface area contributed by atoms with Crippen LogP contribution in [0.2, 0.25) is 0 Å². The number of carbonyl (C=O) groups is 1. The Morgan fingerprint density at radius 1 is 1.47 bits per heavy atom. The van der Waals surface area contributed by atoms with E-state index in [1.54, 1.807) is 13.8 Å². The van der Waals surface area contributed by atoms with Crippen LogP contribution >= 0.6 is 0 Å². The predicted molar refractivity (Wildman–Crippen MR) is 69.7 cm³/mol. The molecule has 0 unspecified atom stereocenters. The van der Waals surface area contributed by atoms with E-state index in [4.69, 9.17) is 9.52 Å². The fraction of sp³-hybridized carbons (Fsp3) is 0.583. The van der Waals surface area contributed by atoms with Gasteiger partial charge in [-0.25, -0.2) is 17.9 Å². The van der Waals surface area contributed by atoms with Gasteiger partial charge in [0.1, 0.15) is 10.7 Å². The summed E-state index contributed by atoms with van der Waals surface area (Å²) in [6.45, 7) is 6.94. The Morgan fingerprint density at radius 3 is 2.47 bits per heavy atom. The van der Waals surface area contributed by atoms with Crippen molar-refractivity contribution >= 4 is 16.0 Å². The van der Waals surface area contributed by atoms with Gasteiger partial charge in [-0.1, -0.05) is 13.3 Å². The first-order valence-electron chi connectivity index (χ1n) is 5.97. The van der Waals surface area contributed by atoms with Crippen LogP contribution in [0.4, 0.5) is 0 Å². The molecule has 0 amide bonds. The van der Waals surface area contributed by atoms with Gasteiger partial charge in [0, 0.05) is 11.6 Å². The van der Waals surface area contributed by atoms with Gasteiger partial charge < -0.3 is 9.52 Å². The lowest BCUT2D eigenvalue weighted by Crippen LogP contribution is -2.43. The van der Waals surface area contributed by atoms with Crippen LogP contribution in [0.25, 0.3) is 0 Å². The van der Waals surface area contributed by atoms with Crippen LogP contribution in [-0.4, -0.2) is 25.0 Å². The third-order valence-electron chi connectivity index (χ3n) is 2.66. The molecule has 7 heteroatoms. The summed E-state index contributed by atoms with van der Waals surface area (Å²) in [5, 5.41) is 8.80. The van der Waals surface area contributed by atoms with Gasteiger partial charge in [-0.05, 0) is 27.2 Å². The Hall–Kier alpha value is -1.34. The first-order chi connectivity index (χ1) is 8.59. The van der Waals surface area contributed by atoms with Gasteiger partial charge in [-0.2, -0.15) is 0 Å². The van der Waals surface area contributed by atoms with E-state index >= 15 is 0 Å². The van der Waals surface area contributed by atoms with E-state index in [9.17, 15) is 13.2 Å². The number of hydrogen-bond acceptors (Lipinski definition) is 4. The maximum atomic E-state index is 12.2. The van der Waals surface area contributed by atoms with E-state index in [0.29, 0.717) is 6.42 Å². The molecule has 6 nitrogen and oxygen atoms in total. The molecule has 0 fully saturated rings. The molecule has 0 atom stereocenters. The van der Waals surface area contributed by atoms with Crippen molar-refractivity contribution in [2.45, 2.75) is 51.0 Å². The maximum Gasteiger partial charge on any atom is 0.371 e. The zero-order valence-corrected chi connectivity index (χ0v) is 12.3. The molecule has 19 heavy (non-hydrogen) atoms. The van der Waals surface area contributed by atoms with Crippen LogP contribution in [-0.2, 0) is 10.0 Å². The normalized spacial score (nSPS) is 12.6. The molecule has 0 aliphatic heterocycles. The van der Waals surface area contributed by atoms with Gasteiger partial charge in [0.15, 0.2) is 0 Å². The number of rotatable bonds is 6. The highest BCUT2D eigenvalue weighted by Crippen LogP contribution is 2.23. The SMILES string of the molecule is CCCC(C)(C)NS(=O)(=O)c1cc(C(=O)O)oc1C. The summed E-state index contributed by atoms with van der Waals surface area (Å²) < 4.78 is 31.9. The Morgan fingerprint density at radius 2 is 2.05 bits per heavy atom. The molecule has 2 N–H and O–H groups in total. The molecular formula is C12H19NO5S. The van der Waals surface area contributed by atoms with Gasteiger partial charge in [0.2, 0.25) is 15.8 Å². The van der Waals surface area contributed by atoms with Crippen molar-refractivity contribution in [1.29, 1.82) is 0 Å². The van der Waals surface area contributed by atoms with Crippen LogP contribution in [0, 0.1) is 6.92 Å². The number of carboxylic acids is 1. The minimum absolute atomic E-state index is 0.0669. The molecular weight excluding hydrogens is 270 g/mol. The molecule has 0 aliphatic rings. The summed E-state index contributed by atoms with van der Waals surface area (Å²) in [4.78, 5) is 10.6. The molecule has 0 spiro atoms. The highest BCUT2D eigenvalue weighted by atomic mass is 32.2. The summed E-state index contributed by atoms with van der Waals surface area (Å²) in [6.07, 6.45) is 1.51. The maximum absolute atomic E-state index is 12.2. The van der Waals surface area contributed by atoms with E-state index in [1.165, 1.54) is 6.92 Å². The number of nitrogens with one attached hydrogen (secondary N) is 1. The zero-order chi connectivity index (χ0) is 14.8. The lowest BCUT2D eigenvalue weighted by molar-refractivity contribution is 0.0661. The van der Waals surface area contributed by atoms with Gasteiger partial charge in [-0.3, -0.25) is 0 Å². The third kappa shape index (κ3) is 3.81. The van der Waals surface area contributed by atoms with Crippen molar-refractivity contribution in [1.82, 2.24) is 4.72 Å². The van der Waals surface area contributed by atoms with Gasteiger partial charge in [0.25, 0.3) is 0 Å². The predicted octanol–water partition coefficient (Wildman–Crippen LogP) is 2.14. The molecule has 0 bridgehead atoms. The average Bonchev–Trinajstić information content (AvgIpc) is 2.59. The molecule has 1 aromatic rings. The second-order valence-electron chi connectivity index (χ2n) is 5.08. The number of aromatic carboxylic acids is 1. The molecule has 0 aromatic carbocycles. The van der Waals surface area contributed by atoms with Gasteiger partial charge >= 0.3 is 5.97 Å². The van der Waals surface area contributed by atoms with Gasteiger partial charge in [0.05, 0.1) is 0 Å². The number of carboxylic acid groups (broad SMARTS) is 1. The first kappa shape index (κ1) is 15.7. The molecule has 1 rings (SSSR count). The molecule has 0 aliphatic carbocycles. The van der Waals surface area contributed by atoms with E-state index in [-0.39, 0.29) is 16.4 Å². The Bertz CT molecular complexity index is 571. The van der Waals surface area contributed by atoms with E-state index in [1.807, 2.05) is 6.92 Å². The summed E-state index contributed by atoms with van der Waals surface area (Å²) >= 11 is 0. The minimum atomic E-state index is -3.79. The number of sulfonamides is 1. The van der Waals surface area contributed by atoms with Crippen molar-refractivity contribution in [2.75, 3.05) is 0 Å². The smallest absolute Gasteiger partial charge is 0.371 e. The fourth-order valence-electron chi connectivity index (χ4n) is 1.93. The second kappa shape index (κ2) is 5.34. The lowest BCUT2D eigenvalue weighted by atomic mass is 10.0. The molecule has 0 saturated carbocycles. The number of aryl methyl sites for hydroxylation is 1. The van der Waals surface area contributed by atoms with Gasteiger partial charge in [-0.15, -0.1) is 0 Å². The first-order valence-corrected chi connectivity index (χ1v) is 7.45. The van der Waals surface area contributed by atoms with Crippen LogP contribution < -0.4 is 4.72 Å². The summed E-state index contributed by atoms with van der Waals surface area (Å²) in [5.74, 6) is -1.61. The van der Waals surface area contributed by atoms with Crippen LogP contribution in [0.1, 0.15) is 49.9 Å². The average molecular weight is 289 g/mol. The molecule has 1 aromatic heterocycles. The largest absolute Gasteiger partial charge is 0.475 e. The highest BCUT2D eigenvalue weighted by molar-refractivity contribution is 7.89. The summed E-state index contributed by atoms with van der Waals surface area (Å²) in [7, 11) is -3.79. The van der Waals surface area contributed by atoms with E-state index in [0.717, 1.165) is 12.5 Å². The minimum Gasteiger partial charge on any atom is -0.475 e. The monoisotopic (exact) mass is 289 g/mol. The summed E-state index contributed by atoms with van der Waals surface area (Å²) in [5.41, 5.74) is -0.597.